The van der Waals surface area contributed by atoms with Gasteiger partial charge in [0, 0.05) is 0 Å². The van der Waals surface area contributed by atoms with E-state index < -0.39 is 5.97 Å². The summed E-state index contributed by atoms with van der Waals surface area (Å²) in [4.78, 5) is 27.8. The number of amides is 1. The van der Waals surface area contributed by atoms with Gasteiger partial charge >= 0.3 is 5.97 Å². The summed E-state index contributed by atoms with van der Waals surface area (Å²) in [6.07, 6.45) is 1.54. The predicted molar refractivity (Wildman–Crippen MR) is 83.7 cm³/mol. The molecule has 8 heteroatoms. The smallest absolute Gasteiger partial charge is 0.350 e. The van der Waals surface area contributed by atoms with Crippen LogP contribution >= 0.6 is 23.1 Å². The van der Waals surface area contributed by atoms with Gasteiger partial charge in [0.2, 0.25) is 5.91 Å². The lowest BCUT2D eigenvalue weighted by Gasteiger charge is -2.05. The van der Waals surface area contributed by atoms with Gasteiger partial charge in [-0.05, 0) is 23.6 Å². The number of pyridine rings is 1. The van der Waals surface area contributed by atoms with Gasteiger partial charge in [-0.1, -0.05) is 11.8 Å². The summed E-state index contributed by atoms with van der Waals surface area (Å²) in [6.45, 7) is 0. The molecule has 0 saturated carbocycles. The second kappa shape index (κ2) is 7.09. The van der Waals surface area contributed by atoms with Crippen LogP contribution in [0.4, 0.5) is 11.4 Å². The largest absolute Gasteiger partial charge is 0.465 e. The van der Waals surface area contributed by atoms with Gasteiger partial charge in [0.15, 0.2) is 0 Å². The van der Waals surface area contributed by atoms with Crippen LogP contribution in [0.5, 0.6) is 0 Å². The molecule has 0 fully saturated rings. The van der Waals surface area contributed by atoms with Crippen LogP contribution in [0.3, 0.4) is 0 Å². The van der Waals surface area contributed by atoms with Gasteiger partial charge in [-0.15, -0.1) is 11.3 Å². The zero-order valence-electron chi connectivity index (χ0n) is 11.2. The lowest BCUT2D eigenvalue weighted by molar-refractivity contribution is -0.113. The van der Waals surface area contributed by atoms with Gasteiger partial charge in [0.05, 0.1) is 35.5 Å². The third kappa shape index (κ3) is 4.20. The molecule has 0 saturated heterocycles. The summed E-state index contributed by atoms with van der Waals surface area (Å²) in [7, 11) is 1.30. The number of carbonyl (C=O) groups is 2. The summed E-state index contributed by atoms with van der Waals surface area (Å²) in [5.41, 5.74) is 6.57. The molecule has 0 unspecified atom stereocenters. The van der Waals surface area contributed by atoms with Crippen LogP contribution in [-0.2, 0) is 9.53 Å². The Kier molecular flexibility index (Phi) is 5.18. The highest BCUT2D eigenvalue weighted by atomic mass is 32.2. The van der Waals surface area contributed by atoms with E-state index in [1.807, 2.05) is 0 Å². The number of methoxy groups -OCH3 is 1. The Balaban J connectivity index is 1.92. The van der Waals surface area contributed by atoms with Crippen LogP contribution in [0, 0.1) is 0 Å². The lowest BCUT2D eigenvalue weighted by Crippen LogP contribution is -2.15. The van der Waals surface area contributed by atoms with Crippen LogP contribution in [0.25, 0.3) is 0 Å². The summed E-state index contributed by atoms with van der Waals surface area (Å²) in [5.74, 6) is -0.497. The third-order valence-corrected chi connectivity index (χ3v) is 4.26. The highest BCUT2D eigenvalue weighted by molar-refractivity contribution is 7.99. The maximum absolute atomic E-state index is 11.9. The maximum atomic E-state index is 11.9. The molecule has 21 heavy (non-hydrogen) atoms. The molecule has 110 valence electrons. The number of anilines is 2. The first kappa shape index (κ1) is 15.3. The molecular formula is C13H13N3O3S2. The second-order valence-electron chi connectivity index (χ2n) is 3.92. The van der Waals surface area contributed by atoms with Crippen molar-refractivity contribution in [1.29, 1.82) is 0 Å². The Morgan fingerprint density at radius 1 is 1.43 bits per heavy atom. The fourth-order valence-electron chi connectivity index (χ4n) is 1.46. The van der Waals surface area contributed by atoms with Crippen molar-refractivity contribution < 1.29 is 14.3 Å². The minimum Gasteiger partial charge on any atom is -0.465 e. The van der Waals surface area contributed by atoms with Gasteiger partial charge in [-0.3, -0.25) is 4.79 Å². The van der Waals surface area contributed by atoms with Crippen molar-refractivity contribution in [2.24, 2.45) is 0 Å². The Morgan fingerprint density at radius 2 is 2.24 bits per heavy atom. The first-order valence-electron chi connectivity index (χ1n) is 5.90. The molecule has 0 atom stereocenters. The van der Waals surface area contributed by atoms with Crippen LogP contribution in [0.2, 0.25) is 0 Å². The number of carbonyl (C=O) groups excluding carboxylic acids is 2. The highest BCUT2D eigenvalue weighted by Gasteiger charge is 2.15. The number of ether oxygens (including phenoxy) is 1. The normalized spacial score (nSPS) is 10.1. The minimum absolute atomic E-state index is 0.188. The van der Waals surface area contributed by atoms with Crippen molar-refractivity contribution in [3.05, 3.63) is 34.7 Å². The monoisotopic (exact) mass is 323 g/mol. The molecule has 2 heterocycles. The van der Waals surface area contributed by atoms with Crippen molar-refractivity contribution >= 4 is 46.3 Å². The van der Waals surface area contributed by atoms with E-state index in [0.29, 0.717) is 21.3 Å². The molecule has 0 spiro atoms. The number of thioether (sulfide) groups is 1. The summed E-state index contributed by atoms with van der Waals surface area (Å²) in [5, 5.41) is 5.11. The quantitative estimate of drug-likeness (QED) is 0.647. The molecule has 2 aromatic heterocycles. The van der Waals surface area contributed by atoms with Crippen LogP contribution in [0.1, 0.15) is 9.67 Å². The van der Waals surface area contributed by atoms with E-state index in [0.717, 1.165) is 0 Å². The first-order chi connectivity index (χ1) is 10.1. The number of hydrogen-bond donors (Lipinski definition) is 2. The lowest BCUT2D eigenvalue weighted by atomic mass is 10.4. The molecule has 1 amide bonds. The topological polar surface area (TPSA) is 94.3 Å². The molecule has 0 aliphatic carbocycles. The standard InChI is InChI=1S/C13H13N3O3S2/c1-19-13(18)12-9(4-5-20-12)16-10(17)7-21-11-3-2-8(14)6-15-11/h2-6H,7,14H2,1H3,(H,16,17). The van der Waals surface area contributed by atoms with E-state index in [1.165, 1.54) is 36.4 Å². The van der Waals surface area contributed by atoms with Crippen molar-refractivity contribution in [1.82, 2.24) is 4.98 Å². The fourth-order valence-corrected chi connectivity index (χ4v) is 2.87. The van der Waals surface area contributed by atoms with Crippen molar-refractivity contribution in [3.63, 3.8) is 0 Å². The van der Waals surface area contributed by atoms with Crippen LogP contribution < -0.4 is 11.1 Å². The second-order valence-corrected chi connectivity index (χ2v) is 5.83. The number of hydrogen-bond acceptors (Lipinski definition) is 7. The summed E-state index contributed by atoms with van der Waals surface area (Å²) in [6, 6.07) is 5.14. The molecule has 0 bridgehead atoms. The average molecular weight is 323 g/mol. The third-order valence-electron chi connectivity index (χ3n) is 2.42. The van der Waals surface area contributed by atoms with Crippen LogP contribution in [-0.4, -0.2) is 29.7 Å². The molecular weight excluding hydrogens is 310 g/mol. The van der Waals surface area contributed by atoms with E-state index >= 15 is 0 Å². The van der Waals surface area contributed by atoms with Gasteiger partial charge in [-0.2, -0.15) is 0 Å². The minimum atomic E-state index is -0.465. The number of esters is 1. The number of nitrogens with one attached hydrogen (secondary N) is 1. The Bertz CT molecular complexity index is 640. The van der Waals surface area contributed by atoms with Gasteiger partial charge in [-0.25, -0.2) is 9.78 Å². The number of nitrogens with two attached hydrogens (primary N) is 1. The summed E-state index contributed by atoms with van der Waals surface area (Å²) >= 11 is 2.51. The SMILES string of the molecule is COC(=O)c1sccc1NC(=O)CSc1ccc(N)cn1. The van der Waals surface area contributed by atoms with Crippen molar-refractivity contribution in [2.75, 3.05) is 23.9 Å². The molecule has 0 aliphatic rings. The van der Waals surface area contributed by atoms with E-state index in [2.05, 4.69) is 15.0 Å². The van der Waals surface area contributed by atoms with Gasteiger partial charge in [0.25, 0.3) is 0 Å². The Morgan fingerprint density at radius 3 is 2.90 bits per heavy atom. The highest BCUT2D eigenvalue weighted by Crippen LogP contribution is 2.24. The molecule has 6 nitrogen and oxygen atoms in total. The Hall–Kier alpha value is -2.06. The predicted octanol–water partition coefficient (Wildman–Crippen LogP) is 2.24. The number of thiophene rings is 1. The molecule has 0 radical (unpaired) electrons. The van der Waals surface area contributed by atoms with Crippen LogP contribution in [0.15, 0.2) is 34.8 Å². The van der Waals surface area contributed by atoms with E-state index in [-0.39, 0.29) is 11.7 Å². The molecule has 0 aromatic carbocycles. The zero-order chi connectivity index (χ0) is 15.2. The molecule has 0 aliphatic heterocycles. The van der Waals surface area contributed by atoms with Gasteiger partial charge < -0.3 is 15.8 Å². The first-order valence-corrected chi connectivity index (χ1v) is 7.76. The molecule has 2 aromatic rings. The molecule has 3 N–H and O–H groups in total. The number of rotatable bonds is 5. The van der Waals surface area contributed by atoms with Crippen molar-refractivity contribution in [2.45, 2.75) is 5.03 Å². The zero-order valence-corrected chi connectivity index (χ0v) is 12.8. The Labute approximate surface area is 129 Å². The van der Waals surface area contributed by atoms with Gasteiger partial charge in [0.1, 0.15) is 4.88 Å². The van der Waals surface area contributed by atoms with E-state index in [1.54, 1.807) is 23.6 Å². The number of aromatic nitrogens is 1. The van der Waals surface area contributed by atoms with Crippen molar-refractivity contribution in [3.8, 4) is 0 Å². The summed E-state index contributed by atoms with van der Waals surface area (Å²) < 4.78 is 4.65. The number of nitrogen functional groups attached to an aromatic ring is 1. The number of nitrogens with zero attached hydrogens (tertiary/aromatic N) is 1. The molecule has 2 rings (SSSR count). The fraction of sp³-hybridized carbons (Fsp3) is 0.154. The maximum Gasteiger partial charge on any atom is 0.350 e. The van der Waals surface area contributed by atoms with E-state index in [9.17, 15) is 9.59 Å². The average Bonchev–Trinajstić information content (AvgIpc) is 2.94. The van der Waals surface area contributed by atoms with E-state index in [4.69, 9.17) is 5.73 Å².